The van der Waals surface area contributed by atoms with Gasteiger partial charge in [-0.05, 0) is 66.8 Å². The van der Waals surface area contributed by atoms with E-state index in [0.717, 1.165) is 29.5 Å². The summed E-state index contributed by atoms with van der Waals surface area (Å²) in [5, 5.41) is 6.39. The van der Waals surface area contributed by atoms with E-state index in [-0.39, 0.29) is 11.8 Å². The summed E-state index contributed by atoms with van der Waals surface area (Å²) in [6.45, 7) is 0.889. The fourth-order valence-corrected chi connectivity index (χ4v) is 3.62. The molecule has 1 unspecified atom stereocenters. The maximum Gasteiger partial charge on any atom is 0.251 e. The van der Waals surface area contributed by atoms with Crippen LogP contribution in [0.25, 0.3) is 11.1 Å². The maximum absolute atomic E-state index is 12.8. The van der Waals surface area contributed by atoms with Gasteiger partial charge in [0.1, 0.15) is 6.04 Å². The van der Waals surface area contributed by atoms with Crippen LogP contribution in [0.1, 0.15) is 35.2 Å². The van der Waals surface area contributed by atoms with E-state index in [9.17, 15) is 9.59 Å². The molecule has 0 aliphatic carbocycles. The Hall–Kier alpha value is -3.15. The van der Waals surface area contributed by atoms with Crippen LogP contribution in [-0.2, 0) is 11.3 Å². The third kappa shape index (κ3) is 6.94. The Kier molecular flexibility index (Phi) is 8.84. The van der Waals surface area contributed by atoms with Crippen molar-refractivity contribution in [3.05, 3.63) is 95.0 Å². The van der Waals surface area contributed by atoms with Gasteiger partial charge in [-0.2, -0.15) is 0 Å². The Morgan fingerprint density at radius 1 is 0.875 bits per heavy atom. The molecular weight excluding hydrogens is 422 g/mol. The molecule has 0 spiro atoms. The molecule has 1 atom stereocenters. The van der Waals surface area contributed by atoms with Crippen molar-refractivity contribution < 1.29 is 9.59 Å². The fraction of sp³-hybridized carbons (Fsp3) is 0.231. The van der Waals surface area contributed by atoms with Crippen molar-refractivity contribution in [3.63, 3.8) is 0 Å². The Morgan fingerprint density at radius 3 is 2.28 bits per heavy atom. The first-order chi connectivity index (χ1) is 15.6. The Labute approximate surface area is 194 Å². The summed E-state index contributed by atoms with van der Waals surface area (Å²) in [7, 11) is 0. The van der Waals surface area contributed by atoms with Gasteiger partial charge < -0.3 is 16.4 Å². The molecular formula is C26H28ClN3O2. The van der Waals surface area contributed by atoms with Crippen LogP contribution in [0.5, 0.6) is 0 Å². The number of carbonyl (C=O) groups is 2. The molecule has 32 heavy (non-hydrogen) atoms. The second-order valence-corrected chi connectivity index (χ2v) is 8.04. The lowest BCUT2D eigenvalue weighted by Crippen LogP contribution is -2.46. The van der Waals surface area contributed by atoms with Crippen molar-refractivity contribution >= 4 is 23.4 Å². The number of rotatable bonds is 10. The SMILES string of the molecule is NCCCCC(NC(=O)c1ccc(-c2ccccc2)cc1)C(=O)NCc1cccc(Cl)c1. The van der Waals surface area contributed by atoms with Crippen LogP contribution in [0.15, 0.2) is 78.9 Å². The molecule has 3 aromatic carbocycles. The minimum Gasteiger partial charge on any atom is -0.350 e. The van der Waals surface area contributed by atoms with Gasteiger partial charge in [0, 0.05) is 17.1 Å². The zero-order valence-corrected chi connectivity index (χ0v) is 18.6. The summed E-state index contributed by atoms with van der Waals surface area (Å²) < 4.78 is 0. The van der Waals surface area contributed by atoms with E-state index < -0.39 is 6.04 Å². The van der Waals surface area contributed by atoms with Crippen LogP contribution in [-0.4, -0.2) is 24.4 Å². The number of nitrogens with one attached hydrogen (secondary N) is 2. The number of benzene rings is 3. The number of hydrogen-bond donors (Lipinski definition) is 3. The Bertz CT molecular complexity index is 1020. The predicted molar refractivity (Wildman–Crippen MR) is 129 cm³/mol. The van der Waals surface area contributed by atoms with Crippen LogP contribution in [0.3, 0.4) is 0 Å². The molecule has 6 heteroatoms. The predicted octanol–water partition coefficient (Wildman–Crippen LogP) is 4.55. The minimum atomic E-state index is -0.637. The molecule has 0 aliphatic heterocycles. The van der Waals surface area contributed by atoms with E-state index >= 15 is 0 Å². The number of unbranched alkanes of at least 4 members (excludes halogenated alkanes) is 1. The van der Waals surface area contributed by atoms with Crippen molar-refractivity contribution in [2.75, 3.05) is 6.54 Å². The van der Waals surface area contributed by atoms with Crippen LogP contribution in [0.2, 0.25) is 5.02 Å². The van der Waals surface area contributed by atoms with Gasteiger partial charge in [0.2, 0.25) is 5.91 Å². The van der Waals surface area contributed by atoms with Gasteiger partial charge in [0.05, 0.1) is 0 Å². The molecule has 3 rings (SSSR count). The van der Waals surface area contributed by atoms with Crippen molar-refractivity contribution in [3.8, 4) is 11.1 Å². The number of nitrogens with two attached hydrogens (primary N) is 1. The average molecular weight is 450 g/mol. The summed E-state index contributed by atoms with van der Waals surface area (Å²) >= 11 is 6.01. The molecule has 2 amide bonds. The molecule has 0 saturated carbocycles. The van der Waals surface area contributed by atoms with E-state index in [2.05, 4.69) is 10.6 Å². The Balaban J connectivity index is 1.64. The van der Waals surface area contributed by atoms with Crippen LogP contribution in [0, 0.1) is 0 Å². The molecule has 0 fully saturated rings. The van der Waals surface area contributed by atoms with Gasteiger partial charge in [-0.1, -0.05) is 66.2 Å². The third-order valence-electron chi connectivity index (χ3n) is 5.18. The Morgan fingerprint density at radius 2 is 1.59 bits per heavy atom. The topological polar surface area (TPSA) is 84.2 Å². The van der Waals surface area contributed by atoms with Crippen LogP contribution in [0.4, 0.5) is 0 Å². The summed E-state index contributed by atoms with van der Waals surface area (Å²) in [4.78, 5) is 25.6. The molecule has 4 N–H and O–H groups in total. The van der Waals surface area contributed by atoms with Crippen LogP contribution >= 0.6 is 11.6 Å². The number of amides is 2. The minimum absolute atomic E-state index is 0.226. The van der Waals surface area contributed by atoms with E-state index in [0.29, 0.717) is 30.1 Å². The standard InChI is InChI=1S/C26H28ClN3O2/c27-23-10-6-7-19(17-23)18-29-26(32)24(11-4-5-16-28)30-25(31)22-14-12-21(13-15-22)20-8-2-1-3-9-20/h1-3,6-10,12-15,17,24H,4-5,11,16,18,28H2,(H,29,32)(H,30,31). The van der Waals surface area contributed by atoms with Gasteiger partial charge in [0.15, 0.2) is 0 Å². The van der Waals surface area contributed by atoms with Crippen molar-refractivity contribution in [1.29, 1.82) is 0 Å². The normalized spacial score (nSPS) is 11.6. The van der Waals surface area contributed by atoms with E-state index in [1.54, 1.807) is 24.3 Å². The highest BCUT2D eigenvalue weighted by atomic mass is 35.5. The van der Waals surface area contributed by atoms with Crippen molar-refractivity contribution in [2.24, 2.45) is 5.73 Å². The molecule has 3 aromatic rings. The zero-order valence-electron chi connectivity index (χ0n) is 17.9. The summed E-state index contributed by atoms with van der Waals surface area (Å²) in [5.74, 6) is -0.503. The molecule has 0 heterocycles. The van der Waals surface area contributed by atoms with E-state index in [4.69, 9.17) is 17.3 Å². The third-order valence-corrected chi connectivity index (χ3v) is 5.41. The number of halogens is 1. The summed E-state index contributed by atoms with van der Waals surface area (Å²) in [6, 6.07) is 24.0. The van der Waals surface area contributed by atoms with E-state index in [1.807, 2.05) is 54.6 Å². The largest absolute Gasteiger partial charge is 0.350 e. The van der Waals surface area contributed by atoms with Crippen molar-refractivity contribution in [2.45, 2.75) is 31.8 Å². The average Bonchev–Trinajstić information content (AvgIpc) is 2.82. The summed E-state index contributed by atoms with van der Waals surface area (Å²) in [6.07, 6.45) is 2.06. The fourth-order valence-electron chi connectivity index (χ4n) is 3.41. The maximum atomic E-state index is 12.8. The molecule has 0 bridgehead atoms. The molecule has 0 radical (unpaired) electrons. The van der Waals surface area contributed by atoms with Gasteiger partial charge in [-0.25, -0.2) is 0 Å². The van der Waals surface area contributed by atoms with Gasteiger partial charge >= 0.3 is 0 Å². The quantitative estimate of drug-likeness (QED) is 0.397. The zero-order chi connectivity index (χ0) is 22.8. The first kappa shape index (κ1) is 23.5. The number of carbonyl (C=O) groups excluding carboxylic acids is 2. The monoisotopic (exact) mass is 449 g/mol. The molecule has 166 valence electrons. The number of hydrogen-bond acceptors (Lipinski definition) is 3. The molecule has 0 aromatic heterocycles. The summed E-state index contributed by atoms with van der Waals surface area (Å²) in [5.41, 5.74) is 9.11. The smallest absolute Gasteiger partial charge is 0.251 e. The van der Waals surface area contributed by atoms with Gasteiger partial charge in [-0.3, -0.25) is 9.59 Å². The molecule has 0 saturated heterocycles. The second kappa shape index (κ2) is 12.0. The highest BCUT2D eigenvalue weighted by molar-refractivity contribution is 6.30. The lowest BCUT2D eigenvalue weighted by atomic mass is 10.0. The van der Waals surface area contributed by atoms with Gasteiger partial charge in [-0.15, -0.1) is 0 Å². The molecule has 0 aliphatic rings. The highest BCUT2D eigenvalue weighted by Crippen LogP contribution is 2.19. The van der Waals surface area contributed by atoms with Crippen LogP contribution < -0.4 is 16.4 Å². The lowest BCUT2D eigenvalue weighted by molar-refractivity contribution is -0.123. The molecule has 5 nitrogen and oxygen atoms in total. The highest BCUT2D eigenvalue weighted by Gasteiger charge is 2.21. The first-order valence-corrected chi connectivity index (χ1v) is 11.1. The lowest BCUT2D eigenvalue weighted by Gasteiger charge is -2.19. The van der Waals surface area contributed by atoms with Gasteiger partial charge in [0.25, 0.3) is 5.91 Å². The van der Waals surface area contributed by atoms with E-state index in [1.165, 1.54) is 0 Å². The van der Waals surface area contributed by atoms with Crippen molar-refractivity contribution in [1.82, 2.24) is 10.6 Å². The first-order valence-electron chi connectivity index (χ1n) is 10.8. The second-order valence-electron chi connectivity index (χ2n) is 7.60.